The smallest absolute Gasteiger partial charge is 0.292 e. The minimum Gasteiger partial charge on any atom is -0.394 e. The maximum atomic E-state index is 12.8. The fraction of sp³-hybridized carbons (Fsp3) is 0.385. The summed E-state index contributed by atoms with van der Waals surface area (Å²) in [7, 11) is 0. The van der Waals surface area contributed by atoms with Gasteiger partial charge in [0.05, 0.1) is 18.1 Å². The van der Waals surface area contributed by atoms with Crippen molar-refractivity contribution in [2.75, 3.05) is 75.4 Å². The van der Waals surface area contributed by atoms with Crippen LogP contribution in [-0.4, -0.2) is 87.0 Å². The normalized spacial score (nSPS) is 18.7. The van der Waals surface area contributed by atoms with Gasteiger partial charge in [-0.1, -0.05) is 24.3 Å². The second-order valence-corrected chi connectivity index (χ2v) is 9.28. The van der Waals surface area contributed by atoms with E-state index in [2.05, 4.69) is 15.1 Å². The monoisotopic (exact) mass is 506 g/mol. The zero-order valence-corrected chi connectivity index (χ0v) is 20.5. The maximum Gasteiger partial charge on any atom is 0.292 e. The Morgan fingerprint density at radius 3 is 2.27 bits per heavy atom. The van der Waals surface area contributed by atoms with E-state index in [1.54, 1.807) is 30.3 Å². The Hall–Kier alpha value is -3.96. The molecule has 0 unspecified atom stereocenters. The molecule has 2 aromatic carbocycles. The first-order valence-corrected chi connectivity index (χ1v) is 12.4. The van der Waals surface area contributed by atoms with E-state index < -0.39 is 0 Å². The molecule has 11 nitrogen and oxygen atoms in total. The van der Waals surface area contributed by atoms with Crippen LogP contribution in [0, 0.1) is 10.1 Å². The van der Waals surface area contributed by atoms with Gasteiger partial charge in [0.1, 0.15) is 17.1 Å². The van der Waals surface area contributed by atoms with Gasteiger partial charge in [-0.25, -0.2) is 0 Å². The molecule has 2 saturated heterocycles. The van der Waals surface area contributed by atoms with Gasteiger partial charge in [-0.2, -0.15) is 0 Å². The minimum absolute atomic E-state index is 0.0391. The molecule has 3 aliphatic rings. The van der Waals surface area contributed by atoms with Crippen LogP contribution in [0.5, 0.6) is 0 Å². The van der Waals surface area contributed by atoms with Crippen molar-refractivity contribution in [2.45, 2.75) is 0 Å². The molecule has 2 heterocycles. The number of nitro groups is 1. The number of allylic oxidation sites excluding steroid dienone is 2. The lowest BCUT2D eigenvalue weighted by atomic mass is 9.90. The summed E-state index contributed by atoms with van der Waals surface area (Å²) in [5.74, 6) is -0.586. The summed E-state index contributed by atoms with van der Waals surface area (Å²) in [6.45, 7) is 6.70. The molecule has 11 heteroatoms. The molecule has 0 atom stereocenters. The van der Waals surface area contributed by atoms with Gasteiger partial charge in [0.2, 0.25) is 11.6 Å². The quantitative estimate of drug-likeness (QED) is 0.419. The van der Waals surface area contributed by atoms with Gasteiger partial charge in [0.25, 0.3) is 5.69 Å². The number of ether oxygens (including phenoxy) is 1. The fourth-order valence-corrected chi connectivity index (χ4v) is 5.06. The zero-order chi connectivity index (χ0) is 25.9. The van der Waals surface area contributed by atoms with Crippen molar-refractivity contribution in [3.63, 3.8) is 0 Å². The molecule has 5 rings (SSSR count). The third-order valence-electron chi connectivity index (χ3n) is 7.13. The van der Waals surface area contributed by atoms with Crippen molar-refractivity contribution in [1.82, 2.24) is 10.2 Å². The predicted molar refractivity (Wildman–Crippen MR) is 139 cm³/mol. The number of carbonyl (C=O) groups is 2. The number of nitro benzene ring substituents is 1. The number of morpholine rings is 1. The highest BCUT2D eigenvalue weighted by Gasteiger charge is 2.30. The minimum atomic E-state index is -0.328. The number of piperazine rings is 1. The summed E-state index contributed by atoms with van der Waals surface area (Å²) < 4.78 is 5.41. The number of ketones is 2. The van der Waals surface area contributed by atoms with Crippen LogP contribution in [0.25, 0.3) is 0 Å². The largest absolute Gasteiger partial charge is 0.394 e. The first-order valence-electron chi connectivity index (χ1n) is 12.4. The first kappa shape index (κ1) is 24.7. The lowest BCUT2D eigenvalue weighted by Gasteiger charge is -2.37. The van der Waals surface area contributed by atoms with Gasteiger partial charge >= 0.3 is 0 Å². The highest BCUT2D eigenvalue weighted by atomic mass is 16.6. The molecule has 0 spiro atoms. The Labute approximate surface area is 214 Å². The van der Waals surface area contributed by atoms with E-state index in [1.807, 2.05) is 17.0 Å². The van der Waals surface area contributed by atoms with Crippen molar-refractivity contribution in [3.05, 3.63) is 75.1 Å². The second kappa shape index (κ2) is 10.6. The Bertz CT molecular complexity index is 1250. The molecule has 37 heavy (non-hydrogen) atoms. The number of benzene rings is 2. The number of rotatable bonds is 7. The summed E-state index contributed by atoms with van der Waals surface area (Å²) >= 11 is 0. The molecule has 0 radical (unpaired) electrons. The molecule has 2 fully saturated rings. The summed E-state index contributed by atoms with van der Waals surface area (Å²) in [5.41, 5.74) is 8.56. The van der Waals surface area contributed by atoms with Gasteiger partial charge in [-0.15, -0.1) is 0 Å². The van der Waals surface area contributed by atoms with Crippen LogP contribution >= 0.6 is 0 Å². The summed E-state index contributed by atoms with van der Waals surface area (Å²) in [6.07, 6.45) is 0. The standard InChI is InChI=1S/C26H30N6O5/c27-23-24(26(34)20-4-2-1-3-19(20)25(23)33)28-7-8-29-9-11-30(12-10-29)18-5-6-21(32(35)36)22(17-18)31-13-15-37-16-14-31/h1-6,17,28H,7-16,27H2. The van der Waals surface area contributed by atoms with E-state index in [-0.39, 0.29) is 33.6 Å². The molecule has 2 aromatic rings. The summed E-state index contributed by atoms with van der Waals surface area (Å²) in [5, 5.41) is 14.7. The molecule has 0 aromatic heterocycles. The number of nitrogens with two attached hydrogens (primary N) is 1. The van der Waals surface area contributed by atoms with Crippen LogP contribution in [-0.2, 0) is 4.74 Å². The molecule has 0 bridgehead atoms. The predicted octanol–water partition coefficient (Wildman–Crippen LogP) is 1.39. The molecule has 0 saturated carbocycles. The number of hydrogen-bond donors (Lipinski definition) is 2. The van der Waals surface area contributed by atoms with Crippen molar-refractivity contribution in [1.29, 1.82) is 0 Å². The average Bonchev–Trinajstić information content (AvgIpc) is 2.94. The SMILES string of the molecule is NC1=C(NCCN2CCN(c3ccc([N+](=O)[O-])c(N4CCOCC4)c3)CC2)C(=O)c2ccccc2C1=O. The van der Waals surface area contributed by atoms with E-state index in [1.165, 1.54) is 0 Å². The number of hydrogen-bond acceptors (Lipinski definition) is 10. The maximum absolute atomic E-state index is 12.8. The first-order chi connectivity index (χ1) is 17.9. The van der Waals surface area contributed by atoms with E-state index in [4.69, 9.17) is 10.5 Å². The molecule has 1 aliphatic carbocycles. The van der Waals surface area contributed by atoms with Crippen molar-refractivity contribution in [2.24, 2.45) is 5.73 Å². The fourth-order valence-electron chi connectivity index (χ4n) is 5.06. The number of carbonyl (C=O) groups excluding carboxylic acids is 2. The van der Waals surface area contributed by atoms with Gasteiger partial charge < -0.3 is 25.6 Å². The van der Waals surface area contributed by atoms with Crippen molar-refractivity contribution in [3.8, 4) is 0 Å². The lowest BCUT2D eigenvalue weighted by Crippen LogP contribution is -2.48. The third kappa shape index (κ3) is 5.00. The molecular formula is C26H30N6O5. The van der Waals surface area contributed by atoms with Gasteiger partial charge in [0.15, 0.2) is 0 Å². The Balaban J connectivity index is 1.17. The molecule has 0 amide bonds. The zero-order valence-electron chi connectivity index (χ0n) is 20.5. The van der Waals surface area contributed by atoms with Crippen LogP contribution < -0.4 is 20.9 Å². The third-order valence-corrected chi connectivity index (χ3v) is 7.13. The number of nitrogens with zero attached hydrogens (tertiary/aromatic N) is 4. The number of nitrogens with one attached hydrogen (secondary N) is 1. The van der Waals surface area contributed by atoms with E-state index in [0.717, 1.165) is 31.9 Å². The molecular weight excluding hydrogens is 476 g/mol. The topological polar surface area (TPSA) is 134 Å². The average molecular weight is 507 g/mol. The number of fused-ring (bicyclic) bond motifs is 1. The van der Waals surface area contributed by atoms with Crippen LogP contribution in [0.4, 0.5) is 17.1 Å². The van der Waals surface area contributed by atoms with Gasteiger partial charge in [0, 0.05) is 75.2 Å². The van der Waals surface area contributed by atoms with Gasteiger partial charge in [-0.3, -0.25) is 24.6 Å². The van der Waals surface area contributed by atoms with E-state index in [0.29, 0.717) is 56.2 Å². The molecule has 194 valence electrons. The van der Waals surface area contributed by atoms with Crippen molar-refractivity contribution < 1.29 is 19.2 Å². The highest BCUT2D eigenvalue weighted by molar-refractivity contribution is 6.26. The van der Waals surface area contributed by atoms with Crippen LogP contribution in [0.15, 0.2) is 53.9 Å². The van der Waals surface area contributed by atoms with E-state index >= 15 is 0 Å². The Morgan fingerprint density at radius 1 is 0.919 bits per heavy atom. The van der Waals surface area contributed by atoms with Crippen LogP contribution in [0.1, 0.15) is 20.7 Å². The van der Waals surface area contributed by atoms with Crippen LogP contribution in [0.3, 0.4) is 0 Å². The summed E-state index contributed by atoms with van der Waals surface area (Å²) in [4.78, 5) is 43.2. The molecule has 2 aliphatic heterocycles. The number of anilines is 2. The second-order valence-electron chi connectivity index (χ2n) is 9.28. The van der Waals surface area contributed by atoms with Crippen LogP contribution in [0.2, 0.25) is 0 Å². The Morgan fingerprint density at radius 2 is 1.59 bits per heavy atom. The summed E-state index contributed by atoms with van der Waals surface area (Å²) in [6, 6.07) is 12.0. The highest BCUT2D eigenvalue weighted by Crippen LogP contribution is 2.33. The number of Topliss-reactive ketones (excluding diaryl/α,β-unsaturated/α-hetero) is 2. The van der Waals surface area contributed by atoms with Crippen molar-refractivity contribution >= 4 is 28.6 Å². The Kier molecular flexibility index (Phi) is 7.06. The van der Waals surface area contributed by atoms with Gasteiger partial charge in [-0.05, 0) is 12.1 Å². The lowest BCUT2D eigenvalue weighted by molar-refractivity contribution is -0.384. The van der Waals surface area contributed by atoms with E-state index in [9.17, 15) is 19.7 Å². The molecule has 3 N–H and O–H groups in total.